The van der Waals surface area contributed by atoms with Crippen molar-refractivity contribution in [2.24, 2.45) is 0 Å². The van der Waals surface area contributed by atoms with Gasteiger partial charge in [0.25, 0.3) is 0 Å². The molecule has 0 amide bonds. The number of unbranched alkanes of at least 4 members (excludes halogenated alkanes) is 3. The van der Waals surface area contributed by atoms with Gasteiger partial charge >= 0.3 is 5.97 Å². The highest BCUT2D eigenvalue weighted by molar-refractivity contribution is 5.69. The molecule has 0 atom stereocenters. The molecule has 2 nitrogen and oxygen atoms in total. The molecule has 0 saturated carbocycles. The van der Waals surface area contributed by atoms with Gasteiger partial charge in [-0.1, -0.05) is 40.0 Å². The normalized spacial score (nSPS) is 10.6. The second kappa shape index (κ2) is 9.04. The van der Waals surface area contributed by atoms with Crippen molar-refractivity contribution >= 4 is 5.97 Å². The predicted octanol–water partition coefficient (Wildman–Crippen LogP) is 3.69. The van der Waals surface area contributed by atoms with E-state index in [1.165, 1.54) is 12.8 Å². The molecule has 0 unspecified atom stereocenters. The number of hydrogen-bond donors (Lipinski definition) is 0. The predicted molar refractivity (Wildman–Crippen MR) is 59.2 cm³/mol. The van der Waals surface area contributed by atoms with E-state index in [0.29, 0.717) is 6.42 Å². The Labute approximate surface area is 88.0 Å². The first kappa shape index (κ1) is 13.5. The van der Waals surface area contributed by atoms with E-state index in [2.05, 4.69) is 20.8 Å². The highest BCUT2D eigenvalue weighted by atomic mass is 16.5. The van der Waals surface area contributed by atoms with Crippen molar-refractivity contribution < 1.29 is 9.53 Å². The van der Waals surface area contributed by atoms with E-state index in [0.717, 1.165) is 25.7 Å². The van der Waals surface area contributed by atoms with E-state index in [1.807, 2.05) is 0 Å². The molecule has 2 heteroatoms. The maximum atomic E-state index is 11.3. The fourth-order valence-corrected chi connectivity index (χ4v) is 1.40. The molecule has 14 heavy (non-hydrogen) atoms. The fraction of sp³-hybridized carbons (Fsp3) is 0.917. The summed E-state index contributed by atoms with van der Waals surface area (Å²) in [6.07, 6.45) is 7.14. The monoisotopic (exact) mass is 200 g/mol. The van der Waals surface area contributed by atoms with E-state index in [-0.39, 0.29) is 12.1 Å². The summed E-state index contributed by atoms with van der Waals surface area (Å²) in [6, 6.07) is 0. The van der Waals surface area contributed by atoms with Crippen LogP contribution in [-0.4, -0.2) is 12.1 Å². The Hall–Kier alpha value is -0.530. The first-order valence-electron chi connectivity index (χ1n) is 5.94. The Morgan fingerprint density at radius 1 is 1.07 bits per heavy atom. The van der Waals surface area contributed by atoms with Gasteiger partial charge in [0.15, 0.2) is 0 Å². The average molecular weight is 200 g/mol. The van der Waals surface area contributed by atoms with Crippen molar-refractivity contribution in [1.82, 2.24) is 0 Å². The van der Waals surface area contributed by atoms with Crippen LogP contribution < -0.4 is 0 Å². The Bertz CT molecular complexity index is 139. The van der Waals surface area contributed by atoms with E-state index >= 15 is 0 Å². The highest BCUT2D eigenvalue weighted by Gasteiger charge is 2.09. The molecule has 0 radical (unpaired) electrons. The lowest BCUT2D eigenvalue weighted by atomic mass is 10.1. The van der Waals surface area contributed by atoms with Gasteiger partial charge in [0.05, 0.1) is 0 Å². The molecule has 0 bridgehead atoms. The summed E-state index contributed by atoms with van der Waals surface area (Å²) in [5.74, 6) is -0.0187. The minimum absolute atomic E-state index is 0.0187. The molecule has 0 N–H and O–H groups in total. The number of ether oxygens (including phenoxy) is 1. The minimum Gasteiger partial charge on any atom is -0.462 e. The molecule has 0 spiro atoms. The first-order chi connectivity index (χ1) is 6.74. The quantitative estimate of drug-likeness (QED) is 0.441. The van der Waals surface area contributed by atoms with Gasteiger partial charge in [0.2, 0.25) is 0 Å². The van der Waals surface area contributed by atoms with E-state index in [4.69, 9.17) is 4.74 Å². The van der Waals surface area contributed by atoms with Crippen LogP contribution in [0.25, 0.3) is 0 Å². The molecule has 0 heterocycles. The second-order valence-corrected chi connectivity index (χ2v) is 3.74. The molecule has 0 fully saturated rings. The molecule has 0 aliphatic rings. The van der Waals surface area contributed by atoms with Gasteiger partial charge in [-0.2, -0.15) is 0 Å². The van der Waals surface area contributed by atoms with Gasteiger partial charge in [0, 0.05) is 6.42 Å². The summed E-state index contributed by atoms with van der Waals surface area (Å²) in [5.41, 5.74) is 0. The summed E-state index contributed by atoms with van der Waals surface area (Å²) >= 11 is 0. The van der Waals surface area contributed by atoms with E-state index in [1.54, 1.807) is 0 Å². The zero-order chi connectivity index (χ0) is 10.8. The molecule has 0 aromatic rings. The summed E-state index contributed by atoms with van der Waals surface area (Å²) in [5, 5.41) is 0. The Morgan fingerprint density at radius 3 is 2.21 bits per heavy atom. The lowest BCUT2D eigenvalue weighted by Crippen LogP contribution is -2.16. The van der Waals surface area contributed by atoms with Crippen LogP contribution in [0.15, 0.2) is 0 Å². The molecule has 0 aliphatic heterocycles. The largest absolute Gasteiger partial charge is 0.462 e. The minimum atomic E-state index is -0.0187. The molecule has 0 rings (SSSR count). The van der Waals surface area contributed by atoms with E-state index in [9.17, 15) is 4.79 Å². The van der Waals surface area contributed by atoms with Crippen molar-refractivity contribution in [2.45, 2.75) is 71.8 Å². The van der Waals surface area contributed by atoms with Crippen LogP contribution in [0.4, 0.5) is 0 Å². The average Bonchev–Trinajstić information content (AvgIpc) is 2.21. The Kier molecular flexibility index (Phi) is 8.70. The Balaban J connectivity index is 3.44. The third-order valence-corrected chi connectivity index (χ3v) is 2.44. The molecule has 0 saturated heterocycles. The lowest BCUT2D eigenvalue weighted by Gasteiger charge is -2.13. The maximum absolute atomic E-state index is 11.3. The summed E-state index contributed by atoms with van der Waals surface area (Å²) in [7, 11) is 0. The van der Waals surface area contributed by atoms with Crippen LogP contribution in [-0.2, 0) is 9.53 Å². The standard InChI is InChI=1S/C12H24O2/c1-4-7-8-9-10-12(13)14-11(5-2)6-3/h11H,4-10H2,1-3H3. The van der Waals surface area contributed by atoms with E-state index < -0.39 is 0 Å². The summed E-state index contributed by atoms with van der Waals surface area (Å²) < 4.78 is 5.29. The molecular weight excluding hydrogens is 176 g/mol. The maximum Gasteiger partial charge on any atom is 0.306 e. The third kappa shape index (κ3) is 6.93. The highest BCUT2D eigenvalue weighted by Crippen LogP contribution is 2.08. The number of carbonyl (C=O) groups excluding carboxylic acids is 1. The van der Waals surface area contributed by atoms with Gasteiger partial charge in [-0.15, -0.1) is 0 Å². The van der Waals surface area contributed by atoms with Crippen molar-refractivity contribution in [2.75, 3.05) is 0 Å². The van der Waals surface area contributed by atoms with Gasteiger partial charge in [-0.25, -0.2) is 0 Å². The van der Waals surface area contributed by atoms with Crippen molar-refractivity contribution in [1.29, 1.82) is 0 Å². The van der Waals surface area contributed by atoms with Crippen LogP contribution in [0.1, 0.15) is 65.7 Å². The molecule has 0 aromatic heterocycles. The second-order valence-electron chi connectivity index (χ2n) is 3.74. The summed E-state index contributed by atoms with van der Waals surface area (Å²) in [6.45, 7) is 6.28. The van der Waals surface area contributed by atoms with Crippen LogP contribution in [0.5, 0.6) is 0 Å². The number of esters is 1. The van der Waals surface area contributed by atoms with Crippen molar-refractivity contribution in [3.63, 3.8) is 0 Å². The van der Waals surface area contributed by atoms with Gasteiger partial charge in [0.1, 0.15) is 6.10 Å². The van der Waals surface area contributed by atoms with Crippen molar-refractivity contribution in [3.05, 3.63) is 0 Å². The van der Waals surface area contributed by atoms with Gasteiger partial charge in [-0.05, 0) is 19.3 Å². The zero-order valence-electron chi connectivity index (χ0n) is 9.84. The van der Waals surface area contributed by atoms with Crippen LogP contribution in [0.2, 0.25) is 0 Å². The van der Waals surface area contributed by atoms with Crippen LogP contribution in [0, 0.1) is 0 Å². The lowest BCUT2D eigenvalue weighted by molar-refractivity contribution is -0.149. The molecule has 0 aromatic carbocycles. The Morgan fingerprint density at radius 2 is 1.71 bits per heavy atom. The van der Waals surface area contributed by atoms with Gasteiger partial charge < -0.3 is 4.74 Å². The number of hydrogen-bond acceptors (Lipinski definition) is 2. The summed E-state index contributed by atoms with van der Waals surface area (Å²) in [4.78, 5) is 11.3. The fourth-order valence-electron chi connectivity index (χ4n) is 1.40. The smallest absolute Gasteiger partial charge is 0.306 e. The third-order valence-electron chi connectivity index (χ3n) is 2.44. The first-order valence-corrected chi connectivity index (χ1v) is 5.94. The SMILES string of the molecule is CCCCCCC(=O)OC(CC)CC. The molecular formula is C12H24O2. The van der Waals surface area contributed by atoms with Crippen LogP contribution in [0.3, 0.4) is 0 Å². The molecule has 0 aliphatic carbocycles. The van der Waals surface area contributed by atoms with Crippen molar-refractivity contribution in [3.8, 4) is 0 Å². The number of carbonyl (C=O) groups is 1. The van der Waals surface area contributed by atoms with Gasteiger partial charge in [-0.3, -0.25) is 4.79 Å². The topological polar surface area (TPSA) is 26.3 Å². The molecule has 84 valence electrons. The zero-order valence-corrected chi connectivity index (χ0v) is 9.84. The number of rotatable bonds is 8. The van der Waals surface area contributed by atoms with Crippen LogP contribution >= 0.6 is 0 Å².